The van der Waals surface area contributed by atoms with Gasteiger partial charge in [0.25, 0.3) is 0 Å². The van der Waals surface area contributed by atoms with Crippen LogP contribution in [0.25, 0.3) is 0 Å². The number of nitrogens with zero attached hydrogens (tertiary/aromatic N) is 1. The molecule has 84 valence electrons. The smallest absolute Gasteiger partial charge is 0.338 e. The summed E-state index contributed by atoms with van der Waals surface area (Å²) < 4.78 is 4.91. The first kappa shape index (κ1) is 10.7. The van der Waals surface area contributed by atoms with Crippen molar-refractivity contribution in [2.75, 3.05) is 18.2 Å². The zero-order valence-corrected chi connectivity index (χ0v) is 9.14. The lowest BCUT2D eigenvalue weighted by molar-refractivity contribution is 0.0526. The number of carbonyl (C=O) groups is 1. The molecule has 0 bridgehead atoms. The predicted molar refractivity (Wildman–Crippen MR) is 62.0 cm³/mol. The molecule has 0 amide bonds. The van der Waals surface area contributed by atoms with Crippen LogP contribution in [-0.4, -0.2) is 19.1 Å². The Balaban J connectivity index is 2.09. The number of rotatable bonds is 3. The first-order chi connectivity index (χ1) is 7.81. The number of hydrazine groups is 1. The van der Waals surface area contributed by atoms with Crippen LogP contribution in [0.3, 0.4) is 0 Å². The van der Waals surface area contributed by atoms with Crippen LogP contribution in [-0.2, 0) is 4.74 Å². The quantitative estimate of drug-likeness (QED) is 0.784. The molecule has 0 atom stereocenters. The van der Waals surface area contributed by atoms with Gasteiger partial charge in [0.2, 0.25) is 0 Å². The standard InChI is InChI=1S/C12H14N2O2/c1-2-16-12(15)10-4-6-11(7-5-10)14-9-3-8-13-14/h3-7,9,13H,2,8H2,1H3. The summed E-state index contributed by atoms with van der Waals surface area (Å²) in [4.78, 5) is 11.4. The first-order valence-electron chi connectivity index (χ1n) is 5.28. The number of hydrogen-bond acceptors (Lipinski definition) is 4. The highest BCUT2D eigenvalue weighted by Crippen LogP contribution is 2.16. The summed E-state index contributed by atoms with van der Waals surface area (Å²) in [5.74, 6) is -0.279. The highest BCUT2D eigenvalue weighted by molar-refractivity contribution is 5.89. The van der Waals surface area contributed by atoms with Crippen molar-refractivity contribution in [3.05, 3.63) is 42.1 Å². The summed E-state index contributed by atoms with van der Waals surface area (Å²) in [6.07, 6.45) is 3.98. The Hall–Kier alpha value is -1.81. The monoisotopic (exact) mass is 218 g/mol. The molecule has 4 heteroatoms. The number of hydrogen-bond donors (Lipinski definition) is 1. The third-order valence-electron chi connectivity index (χ3n) is 2.29. The van der Waals surface area contributed by atoms with Crippen LogP contribution in [0.4, 0.5) is 5.69 Å². The predicted octanol–water partition coefficient (Wildman–Crippen LogP) is 1.70. The first-order valence-corrected chi connectivity index (χ1v) is 5.28. The molecule has 16 heavy (non-hydrogen) atoms. The van der Waals surface area contributed by atoms with Crippen molar-refractivity contribution >= 4 is 11.7 Å². The maximum atomic E-state index is 11.4. The molecule has 1 aromatic carbocycles. The van der Waals surface area contributed by atoms with Crippen molar-refractivity contribution in [1.82, 2.24) is 5.43 Å². The number of ether oxygens (including phenoxy) is 1. The van der Waals surface area contributed by atoms with E-state index >= 15 is 0 Å². The van der Waals surface area contributed by atoms with Gasteiger partial charge in [-0.15, -0.1) is 0 Å². The van der Waals surface area contributed by atoms with Gasteiger partial charge in [-0.1, -0.05) is 6.08 Å². The van der Waals surface area contributed by atoms with Crippen molar-refractivity contribution < 1.29 is 9.53 Å². The second kappa shape index (κ2) is 4.81. The topological polar surface area (TPSA) is 41.6 Å². The molecule has 1 aliphatic heterocycles. The van der Waals surface area contributed by atoms with E-state index in [9.17, 15) is 4.79 Å². The maximum absolute atomic E-state index is 11.4. The van der Waals surface area contributed by atoms with Gasteiger partial charge in [0, 0.05) is 12.7 Å². The molecule has 1 aromatic rings. The van der Waals surface area contributed by atoms with Gasteiger partial charge in [-0.05, 0) is 31.2 Å². The van der Waals surface area contributed by atoms with Crippen LogP contribution in [0.15, 0.2) is 36.5 Å². The van der Waals surface area contributed by atoms with E-state index in [1.807, 2.05) is 29.4 Å². The molecule has 0 radical (unpaired) electrons. The molecule has 0 unspecified atom stereocenters. The van der Waals surface area contributed by atoms with E-state index in [0.717, 1.165) is 12.2 Å². The van der Waals surface area contributed by atoms with E-state index in [1.165, 1.54) is 0 Å². The van der Waals surface area contributed by atoms with Crippen molar-refractivity contribution in [2.45, 2.75) is 6.92 Å². The van der Waals surface area contributed by atoms with Gasteiger partial charge in [0.05, 0.1) is 17.9 Å². The summed E-state index contributed by atoms with van der Waals surface area (Å²) in [7, 11) is 0. The molecule has 4 nitrogen and oxygen atoms in total. The van der Waals surface area contributed by atoms with Crippen molar-refractivity contribution in [1.29, 1.82) is 0 Å². The second-order valence-electron chi connectivity index (χ2n) is 3.38. The zero-order valence-electron chi connectivity index (χ0n) is 9.14. The summed E-state index contributed by atoms with van der Waals surface area (Å²) in [6, 6.07) is 7.30. The van der Waals surface area contributed by atoms with E-state index in [0.29, 0.717) is 12.2 Å². The summed E-state index contributed by atoms with van der Waals surface area (Å²) in [6.45, 7) is 3.03. The van der Waals surface area contributed by atoms with Crippen molar-refractivity contribution in [3.8, 4) is 0 Å². The maximum Gasteiger partial charge on any atom is 0.338 e. The van der Waals surface area contributed by atoms with Crippen LogP contribution >= 0.6 is 0 Å². The Bertz CT molecular complexity index is 398. The third kappa shape index (κ3) is 2.23. The molecular formula is C12H14N2O2. The van der Waals surface area contributed by atoms with Gasteiger partial charge in [0.15, 0.2) is 0 Å². The average Bonchev–Trinajstić information content (AvgIpc) is 2.83. The third-order valence-corrected chi connectivity index (χ3v) is 2.29. The fourth-order valence-corrected chi connectivity index (χ4v) is 1.51. The zero-order chi connectivity index (χ0) is 11.4. The minimum absolute atomic E-state index is 0.279. The number of benzene rings is 1. The Labute approximate surface area is 94.5 Å². The molecule has 2 rings (SSSR count). The average molecular weight is 218 g/mol. The lowest BCUT2D eigenvalue weighted by atomic mass is 10.2. The molecule has 0 fully saturated rings. The minimum atomic E-state index is -0.279. The van der Waals surface area contributed by atoms with Crippen LogP contribution < -0.4 is 10.4 Å². The molecule has 1 N–H and O–H groups in total. The molecule has 1 aliphatic rings. The molecule has 1 heterocycles. The Morgan fingerprint density at radius 3 is 2.75 bits per heavy atom. The highest BCUT2D eigenvalue weighted by atomic mass is 16.5. The van der Waals surface area contributed by atoms with E-state index in [2.05, 4.69) is 5.43 Å². The summed E-state index contributed by atoms with van der Waals surface area (Å²) >= 11 is 0. The summed E-state index contributed by atoms with van der Waals surface area (Å²) in [5, 5.41) is 1.91. The van der Waals surface area contributed by atoms with E-state index in [-0.39, 0.29) is 5.97 Å². The van der Waals surface area contributed by atoms with E-state index in [4.69, 9.17) is 4.74 Å². The Morgan fingerprint density at radius 1 is 1.44 bits per heavy atom. The van der Waals surface area contributed by atoms with E-state index < -0.39 is 0 Å². The van der Waals surface area contributed by atoms with Crippen LogP contribution in [0.2, 0.25) is 0 Å². The normalized spacial score (nSPS) is 14.2. The molecule has 0 aliphatic carbocycles. The van der Waals surface area contributed by atoms with Crippen LogP contribution in [0, 0.1) is 0 Å². The van der Waals surface area contributed by atoms with Gasteiger partial charge >= 0.3 is 5.97 Å². The fraction of sp³-hybridized carbons (Fsp3) is 0.250. The Morgan fingerprint density at radius 2 is 2.19 bits per heavy atom. The van der Waals surface area contributed by atoms with Crippen LogP contribution in [0.1, 0.15) is 17.3 Å². The van der Waals surface area contributed by atoms with Gasteiger partial charge in [-0.25, -0.2) is 10.2 Å². The molecule has 0 spiro atoms. The van der Waals surface area contributed by atoms with Gasteiger partial charge in [-0.3, -0.25) is 5.01 Å². The molecule has 0 saturated carbocycles. The highest BCUT2D eigenvalue weighted by Gasteiger charge is 2.09. The largest absolute Gasteiger partial charge is 0.462 e. The van der Waals surface area contributed by atoms with Gasteiger partial charge < -0.3 is 4.74 Å². The fourth-order valence-electron chi connectivity index (χ4n) is 1.51. The Kier molecular flexibility index (Phi) is 3.22. The second-order valence-corrected chi connectivity index (χ2v) is 3.38. The minimum Gasteiger partial charge on any atom is -0.462 e. The van der Waals surface area contributed by atoms with E-state index in [1.54, 1.807) is 19.1 Å². The summed E-state index contributed by atoms with van der Waals surface area (Å²) in [5.41, 5.74) is 4.73. The molecule has 0 saturated heterocycles. The number of esters is 1. The molecular weight excluding hydrogens is 204 g/mol. The van der Waals surface area contributed by atoms with Gasteiger partial charge in [0.1, 0.15) is 0 Å². The van der Waals surface area contributed by atoms with Gasteiger partial charge in [-0.2, -0.15) is 0 Å². The van der Waals surface area contributed by atoms with Crippen molar-refractivity contribution in [3.63, 3.8) is 0 Å². The number of anilines is 1. The SMILES string of the molecule is CCOC(=O)c1ccc(N2C=CCN2)cc1. The molecule has 0 aromatic heterocycles. The number of carbonyl (C=O) groups excluding carboxylic acids is 1. The lowest BCUT2D eigenvalue weighted by Gasteiger charge is -2.16. The van der Waals surface area contributed by atoms with Crippen molar-refractivity contribution in [2.24, 2.45) is 0 Å². The van der Waals surface area contributed by atoms with Crippen LogP contribution in [0.5, 0.6) is 0 Å². The lowest BCUT2D eigenvalue weighted by Crippen LogP contribution is -2.28. The number of nitrogens with one attached hydrogen (secondary N) is 1.